The number of ether oxygens (including phenoxy) is 2. The molecule has 5 heteroatoms. The zero-order valence-electron chi connectivity index (χ0n) is 14.1. The minimum atomic E-state index is -0.260. The van der Waals surface area contributed by atoms with Gasteiger partial charge >= 0.3 is 5.97 Å². The number of halogens is 1. The predicted octanol–water partition coefficient (Wildman–Crippen LogP) is 5.44. The molecule has 1 unspecified atom stereocenters. The van der Waals surface area contributed by atoms with Gasteiger partial charge in [-0.15, -0.1) is 0 Å². The molecule has 1 aromatic heterocycles. The average Bonchev–Trinajstić information content (AvgIpc) is 3.00. The van der Waals surface area contributed by atoms with E-state index in [4.69, 9.17) is 13.9 Å². The Labute approximate surface area is 154 Å². The van der Waals surface area contributed by atoms with Gasteiger partial charge in [-0.2, -0.15) is 0 Å². The van der Waals surface area contributed by atoms with E-state index >= 15 is 0 Å². The van der Waals surface area contributed by atoms with Crippen molar-refractivity contribution in [3.05, 3.63) is 64.3 Å². The number of carbonyl (C=O) groups is 1. The second kappa shape index (κ2) is 7.74. The molecule has 0 aliphatic carbocycles. The monoisotopic (exact) mass is 402 g/mol. The molecule has 0 fully saturated rings. The second-order valence-corrected chi connectivity index (χ2v) is 6.60. The van der Waals surface area contributed by atoms with Crippen molar-refractivity contribution in [2.24, 2.45) is 0 Å². The molecule has 1 atom stereocenters. The summed E-state index contributed by atoms with van der Waals surface area (Å²) in [6, 6.07) is 13.4. The summed E-state index contributed by atoms with van der Waals surface area (Å²) in [7, 11) is 0. The van der Waals surface area contributed by atoms with Crippen LogP contribution in [0.2, 0.25) is 0 Å². The summed E-state index contributed by atoms with van der Waals surface area (Å²) < 4.78 is 17.8. The summed E-state index contributed by atoms with van der Waals surface area (Å²) >= 11 is 3.49. The van der Waals surface area contributed by atoms with Crippen LogP contribution >= 0.6 is 15.9 Å². The smallest absolute Gasteiger partial charge is 0.310 e. The number of hydrogen-bond acceptors (Lipinski definition) is 4. The van der Waals surface area contributed by atoms with Crippen LogP contribution in [0.1, 0.15) is 31.1 Å². The van der Waals surface area contributed by atoms with Crippen LogP contribution in [0.15, 0.2) is 57.6 Å². The van der Waals surface area contributed by atoms with Crippen LogP contribution < -0.4 is 4.74 Å². The number of rotatable bonds is 6. The van der Waals surface area contributed by atoms with E-state index < -0.39 is 0 Å². The van der Waals surface area contributed by atoms with Gasteiger partial charge in [-0.3, -0.25) is 4.79 Å². The fraction of sp³-hybridized carbons (Fsp3) is 0.250. The lowest BCUT2D eigenvalue weighted by Crippen LogP contribution is -2.10. The molecule has 3 aromatic rings. The topological polar surface area (TPSA) is 48.7 Å². The van der Waals surface area contributed by atoms with E-state index in [0.29, 0.717) is 12.4 Å². The van der Waals surface area contributed by atoms with Crippen LogP contribution in [0, 0.1) is 0 Å². The van der Waals surface area contributed by atoms with E-state index in [2.05, 4.69) is 15.9 Å². The van der Waals surface area contributed by atoms with Crippen LogP contribution in [-0.2, 0) is 16.0 Å². The van der Waals surface area contributed by atoms with Crippen LogP contribution in [0.25, 0.3) is 11.0 Å². The highest BCUT2D eigenvalue weighted by Gasteiger charge is 2.17. The molecular formula is C20H19BrO4. The van der Waals surface area contributed by atoms with Gasteiger partial charge in [0.2, 0.25) is 0 Å². The molecule has 0 aliphatic rings. The summed E-state index contributed by atoms with van der Waals surface area (Å²) in [6.45, 7) is 4.13. The summed E-state index contributed by atoms with van der Waals surface area (Å²) in [5.74, 6) is 0.413. The van der Waals surface area contributed by atoms with Gasteiger partial charge in [0.05, 0.1) is 19.3 Å². The van der Waals surface area contributed by atoms with Crippen molar-refractivity contribution < 1.29 is 18.7 Å². The summed E-state index contributed by atoms with van der Waals surface area (Å²) in [5, 5.41) is 1.00. The molecule has 0 N–H and O–H groups in total. The molecule has 0 aliphatic heterocycles. The van der Waals surface area contributed by atoms with E-state index in [1.807, 2.05) is 49.4 Å². The Morgan fingerprint density at radius 1 is 1.24 bits per heavy atom. The number of fused-ring (bicyclic) bond motifs is 1. The van der Waals surface area contributed by atoms with Crippen LogP contribution in [0.5, 0.6) is 5.75 Å². The van der Waals surface area contributed by atoms with Gasteiger partial charge in [0.1, 0.15) is 17.4 Å². The third-order valence-corrected chi connectivity index (χ3v) is 4.41. The van der Waals surface area contributed by atoms with Crippen LogP contribution in [-0.4, -0.2) is 12.6 Å². The van der Waals surface area contributed by atoms with Gasteiger partial charge in [0.25, 0.3) is 0 Å². The maximum Gasteiger partial charge on any atom is 0.310 e. The highest BCUT2D eigenvalue weighted by Crippen LogP contribution is 2.32. The fourth-order valence-electron chi connectivity index (χ4n) is 2.72. The van der Waals surface area contributed by atoms with E-state index in [1.54, 1.807) is 13.2 Å². The molecule has 25 heavy (non-hydrogen) atoms. The molecular weight excluding hydrogens is 384 g/mol. The third kappa shape index (κ3) is 4.04. The van der Waals surface area contributed by atoms with Gasteiger partial charge in [0, 0.05) is 21.0 Å². The quantitative estimate of drug-likeness (QED) is 0.515. The highest BCUT2D eigenvalue weighted by atomic mass is 79.9. The Kier molecular flexibility index (Phi) is 5.43. The maximum atomic E-state index is 11.8. The van der Waals surface area contributed by atoms with Gasteiger partial charge in [-0.1, -0.05) is 34.1 Å². The Balaban J connectivity index is 1.84. The van der Waals surface area contributed by atoms with Crippen molar-refractivity contribution in [2.45, 2.75) is 26.4 Å². The molecule has 3 rings (SSSR count). The molecule has 0 saturated heterocycles. The average molecular weight is 403 g/mol. The van der Waals surface area contributed by atoms with Crippen LogP contribution in [0.4, 0.5) is 0 Å². The minimum Gasteiger partial charge on any atom is -0.486 e. The lowest BCUT2D eigenvalue weighted by molar-refractivity contribution is -0.142. The second-order valence-electron chi connectivity index (χ2n) is 5.68. The predicted molar refractivity (Wildman–Crippen MR) is 99.7 cm³/mol. The summed E-state index contributed by atoms with van der Waals surface area (Å²) in [5.41, 5.74) is 2.58. The van der Waals surface area contributed by atoms with Crippen molar-refractivity contribution >= 4 is 32.9 Å². The first kappa shape index (κ1) is 17.5. The molecule has 0 radical (unpaired) electrons. The van der Waals surface area contributed by atoms with Crippen molar-refractivity contribution in [2.75, 3.05) is 6.61 Å². The van der Waals surface area contributed by atoms with Gasteiger partial charge in [0.15, 0.2) is 0 Å². The standard InChI is InChI=1S/C20H19BrO4/c1-3-23-20(22)10-14-6-4-5-7-18(14)25-13(2)17-12-24-19-9-8-15(21)11-16(17)19/h4-9,11-13H,3,10H2,1-2H3. The number of para-hydroxylation sites is 1. The Morgan fingerprint density at radius 3 is 2.84 bits per heavy atom. The number of benzene rings is 2. The summed E-state index contributed by atoms with van der Waals surface area (Å²) in [6.07, 6.45) is 1.68. The number of hydrogen-bond donors (Lipinski definition) is 0. The summed E-state index contributed by atoms with van der Waals surface area (Å²) in [4.78, 5) is 11.8. The molecule has 4 nitrogen and oxygen atoms in total. The van der Waals surface area contributed by atoms with Crippen LogP contribution in [0.3, 0.4) is 0 Å². The van der Waals surface area contributed by atoms with Crippen molar-refractivity contribution in [3.63, 3.8) is 0 Å². The largest absolute Gasteiger partial charge is 0.486 e. The van der Waals surface area contributed by atoms with Crippen molar-refractivity contribution in [1.82, 2.24) is 0 Å². The zero-order valence-corrected chi connectivity index (χ0v) is 15.7. The van der Waals surface area contributed by atoms with E-state index in [1.165, 1.54) is 0 Å². The zero-order chi connectivity index (χ0) is 17.8. The molecule has 0 amide bonds. The number of furan rings is 1. The molecule has 0 bridgehead atoms. The highest BCUT2D eigenvalue weighted by molar-refractivity contribution is 9.10. The first-order chi connectivity index (χ1) is 12.1. The molecule has 2 aromatic carbocycles. The van der Waals surface area contributed by atoms with E-state index in [0.717, 1.165) is 26.6 Å². The molecule has 0 saturated carbocycles. The SMILES string of the molecule is CCOC(=O)Cc1ccccc1OC(C)c1coc2ccc(Br)cc12. The number of esters is 1. The first-order valence-corrected chi connectivity index (χ1v) is 8.94. The lowest BCUT2D eigenvalue weighted by Gasteiger charge is -2.16. The maximum absolute atomic E-state index is 11.8. The fourth-order valence-corrected chi connectivity index (χ4v) is 3.08. The first-order valence-electron chi connectivity index (χ1n) is 8.15. The third-order valence-electron chi connectivity index (χ3n) is 3.92. The van der Waals surface area contributed by atoms with Gasteiger partial charge in [-0.05, 0) is 38.1 Å². The number of carbonyl (C=O) groups excluding carboxylic acids is 1. The molecule has 0 spiro atoms. The van der Waals surface area contributed by atoms with Gasteiger partial charge in [-0.25, -0.2) is 0 Å². The van der Waals surface area contributed by atoms with E-state index in [9.17, 15) is 4.79 Å². The molecule has 1 heterocycles. The Hall–Kier alpha value is -2.27. The lowest BCUT2D eigenvalue weighted by atomic mass is 10.1. The Morgan fingerprint density at radius 2 is 2.04 bits per heavy atom. The minimum absolute atomic E-state index is 0.189. The Bertz CT molecular complexity index is 884. The van der Waals surface area contributed by atoms with Gasteiger partial charge < -0.3 is 13.9 Å². The van der Waals surface area contributed by atoms with E-state index in [-0.39, 0.29) is 18.5 Å². The van der Waals surface area contributed by atoms with Crippen molar-refractivity contribution in [1.29, 1.82) is 0 Å². The molecule has 130 valence electrons. The van der Waals surface area contributed by atoms with Crippen molar-refractivity contribution in [3.8, 4) is 5.75 Å². The normalized spacial score (nSPS) is 12.1.